The summed E-state index contributed by atoms with van der Waals surface area (Å²) in [6, 6.07) is 3.95. The zero-order valence-corrected chi connectivity index (χ0v) is 12.0. The fraction of sp³-hybridized carbons (Fsp3) is 0.417. The van der Waals surface area contributed by atoms with E-state index in [-0.39, 0.29) is 25.5 Å². The van der Waals surface area contributed by atoms with E-state index in [0.29, 0.717) is 10.0 Å². The summed E-state index contributed by atoms with van der Waals surface area (Å²) in [6.45, 7) is 0.437. The van der Waals surface area contributed by atoms with Crippen LogP contribution < -0.4 is 10.6 Å². The molecule has 0 aliphatic heterocycles. The molecule has 1 aromatic carbocycles. The number of methoxy groups -OCH3 is 1. The Balaban J connectivity index is 2.33. The Morgan fingerprint density at radius 3 is 2.84 bits per heavy atom. The van der Waals surface area contributed by atoms with Crippen molar-refractivity contribution in [1.29, 1.82) is 0 Å². The second-order valence-corrected chi connectivity index (χ2v) is 4.87. The third kappa shape index (κ3) is 6.51. The minimum atomic E-state index is -0.751. The summed E-state index contributed by atoms with van der Waals surface area (Å²) < 4.78 is 18.4. The number of hydrogen-bond acceptors (Lipinski definition) is 3. The normalized spacial score (nSPS) is 12.0. The van der Waals surface area contributed by atoms with Gasteiger partial charge in [0, 0.05) is 24.7 Å². The number of urea groups is 1. The molecule has 7 heteroatoms. The maximum atomic E-state index is 13.1. The minimum absolute atomic E-state index is 0.0898. The average Bonchev–Trinajstić information content (AvgIpc) is 2.33. The molecule has 1 unspecified atom stereocenters. The van der Waals surface area contributed by atoms with Crippen LogP contribution >= 0.6 is 15.9 Å². The van der Waals surface area contributed by atoms with Crippen molar-refractivity contribution >= 4 is 22.0 Å². The van der Waals surface area contributed by atoms with Crippen LogP contribution in [0.25, 0.3) is 0 Å². The molecule has 106 valence electrons. The first kappa shape index (κ1) is 15.9. The van der Waals surface area contributed by atoms with E-state index in [1.54, 1.807) is 6.07 Å². The second kappa shape index (κ2) is 8.08. The number of halogens is 2. The molecule has 1 atom stereocenters. The smallest absolute Gasteiger partial charge is 0.315 e. The number of ether oxygens (including phenoxy) is 1. The number of hydrogen-bond donors (Lipinski definition) is 3. The molecule has 3 N–H and O–H groups in total. The third-order valence-corrected chi connectivity index (χ3v) is 2.69. The summed E-state index contributed by atoms with van der Waals surface area (Å²) in [5, 5.41) is 14.4. The summed E-state index contributed by atoms with van der Waals surface area (Å²) in [5.74, 6) is -0.373. The SMILES string of the molecule is COCC(O)CNC(=O)NCc1cc(F)cc(Br)c1. The van der Waals surface area contributed by atoms with Crippen molar-refractivity contribution in [2.45, 2.75) is 12.6 Å². The van der Waals surface area contributed by atoms with Crippen molar-refractivity contribution < 1.29 is 19.0 Å². The molecule has 1 rings (SSSR count). The molecule has 0 bridgehead atoms. The van der Waals surface area contributed by atoms with Gasteiger partial charge in [0.25, 0.3) is 0 Å². The zero-order chi connectivity index (χ0) is 14.3. The zero-order valence-electron chi connectivity index (χ0n) is 10.5. The Hall–Kier alpha value is -1.18. The van der Waals surface area contributed by atoms with E-state index in [2.05, 4.69) is 26.6 Å². The molecule has 0 heterocycles. The number of rotatable bonds is 6. The number of carbonyl (C=O) groups excluding carboxylic acids is 1. The van der Waals surface area contributed by atoms with Gasteiger partial charge in [-0.05, 0) is 23.8 Å². The highest BCUT2D eigenvalue weighted by Crippen LogP contribution is 2.14. The van der Waals surface area contributed by atoms with Gasteiger partial charge in [-0.3, -0.25) is 0 Å². The Kier molecular flexibility index (Phi) is 6.75. The van der Waals surface area contributed by atoms with Crippen LogP contribution in [-0.2, 0) is 11.3 Å². The Labute approximate surface area is 119 Å². The number of nitrogens with one attached hydrogen (secondary N) is 2. The maximum absolute atomic E-state index is 13.1. The van der Waals surface area contributed by atoms with Gasteiger partial charge in [0.1, 0.15) is 5.82 Å². The quantitative estimate of drug-likeness (QED) is 0.736. The highest BCUT2D eigenvalue weighted by atomic mass is 79.9. The molecule has 1 aromatic rings. The van der Waals surface area contributed by atoms with Gasteiger partial charge in [0.15, 0.2) is 0 Å². The molecule has 0 radical (unpaired) electrons. The van der Waals surface area contributed by atoms with Gasteiger partial charge in [0.05, 0.1) is 12.7 Å². The first-order valence-electron chi connectivity index (χ1n) is 5.65. The fourth-order valence-corrected chi connectivity index (χ4v) is 1.93. The fourth-order valence-electron chi connectivity index (χ4n) is 1.42. The van der Waals surface area contributed by atoms with Crippen molar-refractivity contribution in [3.63, 3.8) is 0 Å². The number of aliphatic hydroxyl groups is 1. The van der Waals surface area contributed by atoms with Crippen molar-refractivity contribution in [3.05, 3.63) is 34.1 Å². The van der Waals surface area contributed by atoms with Crippen LogP contribution in [0.3, 0.4) is 0 Å². The lowest BCUT2D eigenvalue weighted by Crippen LogP contribution is -2.40. The predicted molar refractivity (Wildman–Crippen MR) is 72.2 cm³/mol. The highest BCUT2D eigenvalue weighted by molar-refractivity contribution is 9.10. The van der Waals surface area contributed by atoms with Gasteiger partial charge in [-0.15, -0.1) is 0 Å². The summed E-state index contributed by atoms with van der Waals surface area (Å²) in [7, 11) is 1.46. The van der Waals surface area contributed by atoms with Crippen LogP contribution in [0, 0.1) is 5.82 Å². The molecule has 0 saturated carbocycles. The molecule has 5 nitrogen and oxygen atoms in total. The molecule has 0 aromatic heterocycles. The van der Waals surface area contributed by atoms with Crippen molar-refractivity contribution in [2.24, 2.45) is 0 Å². The van der Waals surface area contributed by atoms with E-state index < -0.39 is 12.1 Å². The predicted octanol–water partition coefficient (Wildman–Crippen LogP) is 1.39. The van der Waals surface area contributed by atoms with Crippen LogP contribution in [0.1, 0.15) is 5.56 Å². The van der Waals surface area contributed by atoms with E-state index in [1.165, 1.54) is 19.2 Å². The highest BCUT2D eigenvalue weighted by Gasteiger charge is 2.06. The number of benzene rings is 1. The first-order valence-corrected chi connectivity index (χ1v) is 6.44. The molecule has 19 heavy (non-hydrogen) atoms. The number of aliphatic hydroxyl groups excluding tert-OH is 1. The van der Waals surface area contributed by atoms with Crippen LogP contribution in [0.15, 0.2) is 22.7 Å². The van der Waals surface area contributed by atoms with Crippen LogP contribution in [0.5, 0.6) is 0 Å². The molecule has 0 saturated heterocycles. The molecule has 2 amide bonds. The largest absolute Gasteiger partial charge is 0.389 e. The lowest BCUT2D eigenvalue weighted by atomic mass is 10.2. The Bertz CT molecular complexity index is 411. The van der Waals surface area contributed by atoms with E-state index in [1.807, 2.05) is 0 Å². The Morgan fingerprint density at radius 1 is 1.47 bits per heavy atom. The van der Waals surface area contributed by atoms with Crippen LogP contribution in [0.2, 0.25) is 0 Å². The molecule has 0 aliphatic carbocycles. The number of amides is 2. The second-order valence-electron chi connectivity index (χ2n) is 3.95. The van der Waals surface area contributed by atoms with Crippen molar-refractivity contribution in [2.75, 3.05) is 20.3 Å². The van der Waals surface area contributed by atoms with Crippen LogP contribution in [0.4, 0.5) is 9.18 Å². The average molecular weight is 335 g/mol. The van der Waals surface area contributed by atoms with E-state index in [4.69, 9.17) is 4.74 Å². The summed E-state index contributed by atoms with van der Waals surface area (Å²) in [5.41, 5.74) is 0.638. The minimum Gasteiger partial charge on any atom is -0.389 e. The standard InChI is InChI=1S/C12H16BrFN2O3/c1-19-7-11(17)6-16-12(18)15-5-8-2-9(13)4-10(14)3-8/h2-4,11,17H,5-7H2,1H3,(H2,15,16,18). The van der Waals surface area contributed by atoms with Gasteiger partial charge in [-0.1, -0.05) is 15.9 Å². The molecule has 0 aliphatic rings. The summed E-state index contributed by atoms with van der Waals surface area (Å²) in [6.07, 6.45) is -0.751. The van der Waals surface area contributed by atoms with Gasteiger partial charge in [-0.25, -0.2) is 9.18 Å². The monoisotopic (exact) mass is 334 g/mol. The van der Waals surface area contributed by atoms with Gasteiger partial charge in [-0.2, -0.15) is 0 Å². The topological polar surface area (TPSA) is 70.6 Å². The van der Waals surface area contributed by atoms with Crippen LogP contribution in [-0.4, -0.2) is 37.5 Å². The third-order valence-electron chi connectivity index (χ3n) is 2.23. The van der Waals surface area contributed by atoms with Gasteiger partial charge in [0.2, 0.25) is 0 Å². The Morgan fingerprint density at radius 2 is 2.21 bits per heavy atom. The molecular weight excluding hydrogens is 319 g/mol. The van der Waals surface area contributed by atoms with Gasteiger partial charge >= 0.3 is 6.03 Å². The van der Waals surface area contributed by atoms with Crippen molar-refractivity contribution in [1.82, 2.24) is 10.6 Å². The first-order chi connectivity index (χ1) is 9.01. The molecular formula is C12H16BrFN2O3. The summed E-state index contributed by atoms with van der Waals surface area (Å²) >= 11 is 3.17. The lowest BCUT2D eigenvalue weighted by Gasteiger charge is -2.11. The summed E-state index contributed by atoms with van der Waals surface area (Å²) in [4.78, 5) is 11.4. The van der Waals surface area contributed by atoms with E-state index >= 15 is 0 Å². The van der Waals surface area contributed by atoms with E-state index in [9.17, 15) is 14.3 Å². The molecule has 0 spiro atoms. The van der Waals surface area contributed by atoms with Gasteiger partial charge < -0.3 is 20.5 Å². The number of carbonyl (C=O) groups is 1. The lowest BCUT2D eigenvalue weighted by molar-refractivity contribution is 0.0660. The maximum Gasteiger partial charge on any atom is 0.315 e. The van der Waals surface area contributed by atoms with Crippen molar-refractivity contribution in [3.8, 4) is 0 Å². The van der Waals surface area contributed by atoms with E-state index in [0.717, 1.165) is 0 Å². The molecule has 0 fully saturated rings.